The highest BCUT2D eigenvalue weighted by atomic mass is 31.2. The van der Waals surface area contributed by atoms with E-state index in [0.717, 1.165) is 6.42 Å². The van der Waals surface area contributed by atoms with Crippen LogP contribution in [0.1, 0.15) is 116 Å². The summed E-state index contributed by atoms with van der Waals surface area (Å²) in [6.45, 7) is 4.04. The summed E-state index contributed by atoms with van der Waals surface area (Å²) in [4.78, 5) is 9.80. The van der Waals surface area contributed by atoms with Crippen molar-refractivity contribution in [1.82, 2.24) is 0 Å². The minimum atomic E-state index is -4.07. The number of ether oxygens (including phenoxy) is 2. The summed E-state index contributed by atoms with van der Waals surface area (Å²) in [7, 11) is 3.45. The minimum Gasteiger partial charge on any atom is -0.379 e. The second-order valence-electron chi connectivity index (χ2n) is 11.2. The molecule has 2 atom stereocenters. The molecule has 0 aliphatic carbocycles. The maximum absolute atomic E-state index is 12.0. The van der Waals surface area contributed by atoms with Crippen molar-refractivity contribution in [2.24, 2.45) is 0 Å². The summed E-state index contributed by atoms with van der Waals surface area (Å²) >= 11 is 0. The van der Waals surface area contributed by atoms with Crippen LogP contribution in [0, 0.1) is 0 Å². The standard InChI is InChI=1S/C28H60NO6P/c1-6-7-8-9-10-11-12-13-14-15-16-17-18-19-20-21-22-24-33-26-28(32-5)27-35-36(30,31)34-25-23-29(2,3)4/h28H,6-27H2,1-5H3/p+1/t28-/m1/s1. The summed E-state index contributed by atoms with van der Waals surface area (Å²) in [5.74, 6) is 0. The van der Waals surface area contributed by atoms with Gasteiger partial charge in [-0.05, 0) is 6.42 Å². The highest BCUT2D eigenvalue weighted by Crippen LogP contribution is 2.43. The molecule has 0 rings (SSSR count). The fourth-order valence-electron chi connectivity index (χ4n) is 3.97. The quantitative estimate of drug-likeness (QED) is 0.0631. The number of methoxy groups -OCH3 is 1. The fourth-order valence-corrected chi connectivity index (χ4v) is 4.71. The molecule has 0 aromatic heterocycles. The van der Waals surface area contributed by atoms with Crippen LogP contribution < -0.4 is 0 Å². The van der Waals surface area contributed by atoms with Crippen molar-refractivity contribution in [3.63, 3.8) is 0 Å². The average Bonchev–Trinajstić information content (AvgIpc) is 2.81. The van der Waals surface area contributed by atoms with Crippen LogP contribution in [-0.2, 0) is 23.1 Å². The predicted molar refractivity (Wildman–Crippen MR) is 150 cm³/mol. The van der Waals surface area contributed by atoms with E-state index in [9.17, 15) is 9.46 Å². The first-order chi connectivity index (χ1) is 17.2. The molecule has 0 amide bonds. The summed E-state index contributed by atoms with van der Waals surface area (Å²) in [6.07, 6.45) is 22.7. The van der Waals surface area contributed by atoms with E-state index < -0.39 is 13.9 Å². The summed E-state index contributed by atoms with van der Waals surface area (Å²) in [5, 5.41) is 0. The second-order valence-corrected chi connectivity index (χ2v) is 12.7. The van der Waals surface area contributed by atoms with Gasteiger partial charge in [-0.1, -0.05) is 110 Å². The number of phosphoric acid groups is 1. The lowest BCUT2D eigenvalue weighted by Gasteiger charge is -2.24. The average molecular weight is 539 g/mol. The van der Waals surface area contributed by atoms with E-state index >= 15 is 0 Å². The molecule has 8 heteroatoms. The van der Waals surface area contributed by atoms with Gasteiger partial charge in [-0.2, -0.15) is 0 Å². The van der Waals surface area contributed by atoms with Crippen molar-refractivity contribution in [1.29, 1.82) is 0 Å². The molecule has 218 valence electrons. The smallest absolute Gasteiger partial charge is 0.379 e. The molecular weight excluding hydrogens is 477 g/mol. The lowest BCUT2D eigenvalue weighted by Crippen LogP contribution is -2.37. The molecule has 1 unspecified atom stereocenters. The molecular formula is C28H61NO6P+. The van der Waals surface area contributed by atoms with Crippen LogP contribution in [0.2, 0.25) is 0 Å². The first kappa shape index (κ1) is 36.0. The van der Waals surface area contributed by atoms with Crippen LogP contribution in [0.4, 0.5) is 0 Å². The molecule has 0 heterocycles. The Morgan fingerprint density at radius 1 is 0.667 bits per heavy atom. The third-order valence-corrected chi connectivity index (χ3v) is 7.45. The number of quaternary nitrogens is 1. The number of nitrogens with zero attached hydrogens (tertiary/aromatic N) is 1. The molecule has 36 heavy (non-hydrogen) atoms. The van der Waals surface area contributed by atoms with Crippen molar-refractivity contribution >= 4 is 7.82 Å². The lowest BCUT2D eigenvalue weighted by atomic mass is 10.0. The Hall–Kier alpha value is -0.0100. The van der Waals surface area contributed by atoms with Gasteiger partial charge in [0, 0.05) is 13.7 Å². The Balaban J connectivity index is 3.46. The highest BCUT2D eigenvalue weighted by Gasteiger charge is 2.24. The molecule has 0 saturated heterocycles. The highest BCUT2D eigenvalue weighted by molar-refractivity contribution is 7.47. The van der Waals surface area contributed by atoms with Crippen LogP contribution in [0.3, 0.4) is 0 Å². The van der Waals surface area contributed by atoms with Gasteiger partial charge in [-0.25, -0.2) is 4.57 Å². The van der Waals surface area contributed by atoms with Crippen molar-refractivity contribution in [2.45, 2.75) is 122 Å². The minimum absolute atomic E-state index is 0.0340. The Bertz CT molecular complexity index is 515. The third-order valence-electron chi connectivity index (χ3n) is 6.47. The van der Waals surface area contributed by atoms with Crippen LogP contribution in [0.25, 0.3) is 0 Å². The van der Waals surface area contributed by atoms with Crippen LogP contribution in [0.5, 0.6) is 0 Å². The van der Waals surface area contributed by atoms with Gasteiger partial charge in [-0.15, -0.1) is 0 Å². The van der Waals surface area contributed by atoms with Gasteiger partial charge in [0.25, 0.3) is 0 Å². The monoisotopic (exact) mass is 538 g/mol. The van der Waals surface area contributed by atoms with E-state index in [2.05, 4.69) is 6.92 Å². The van der Waals surface area contributed by atoms with E-state index in [1.807, 2.05) is 21.1 Å². The summed E-state index contributed by atoms with van der Waals surface area (Å²) in [6, 6.07) is 0. The largest absolute Gasteiger partial charge is 0.472 e. The van der Waals surface area contributed by atoms with Gasteiger partial charge >= 0.3 is 7.82 Å². The molecule has 0 saturated carbocycles. The molecule has 0 bridgehead atoms. The molecule has 0 aromatic carbocycles. The second kappa shape index (κ2) is 24.1. The predicted octanol–water partition coefficient (Wildman–Crippen LogP) is 7.51. The van der Waals surface area contributed by atoms with Crippen molar-refractivity contribution in [2.75, 3.05) is 61.2 Å². The molecule has 0 radical (unpaired) electrons. The van der Waals surface area contributed by atoms with Gasteiger partial charge in [-0.3, -0.25) is 9.05 Å². The van der Waals surface area contributed by atoms with Gasteiger partial charge in [0.15, 0.2) is 0 Å². The number of hydrogen-bond donors (Lipinski definition) is 1. The fraction of sp³-hybridized carbons (Fsp3) is 1.00. The SMILES string of the molecule is CCCCCCCCCCCCCCCCCCCOC[C@H](COP(=O)(O)OCC[N+](C)(C)C)OC. The first-order valence-electron chi connectivity index (χ1n) is 14.7. The molecule has 7 nitrogen and oxygen atoms in total. The number of likely N-dealkylation sites (N-methyl/N-ethyl adjacent to an activating group) is 1. The van der Waals surface area contributed by atoms with E-state index in [1.54, 1.807) is 7.11 Å². The van der Waals surface area contributed by atoms with Crippen LogP contribution >= 0.6 is 7.82 Å². The van der Waals surface area contributed by atoms with E-state index in [-0.39, 0.29) is 13.2 Å². The van der Waals surface area contributed by atoms with Crippen molar-refractivity contribution < 1.29 is 32.5 Å². The van der Waals surface area contributed by atoms with E-state index in [1.165, 1.54) is 103 Å². The Morgan fingerprint density at radius 2 is 1.11 bits per heavy atom. The topological polar surface area (TPSA) is 74.2 Å². The number of hydrogen-bond acceptors (Lipinski definition) is 5. The zero-order valence-corrected chi connectivity index (χ0v) is 25.4. The Labute approximate surface area is 223 Å². The molecule has 0 aliphatic heterocycles. The lowest BCUT2D eigenvalue weighted by molar-refractivity contribution is -0.870. The molecule has 0 spiro atoms. The Kier molecular flexibility index (Phi) is 24.1. The van der Waals surface area contributed by atoms with Gasteiger partial charge in [0.2, 0.25) is 0 Å². The summed E-state index contributed by atoms with van der Waals surface area (Å²) < 4.78 is 33.7. The zero-order chi connectivity index (χ0) is 27.0. The van der Waals surface area contributed by atoms with Crippen LogP contribution in [0.15, 0.2) is 0 Å². The maximum Gasteiger partial charge on any atom is 0.472 e. The van der Waals surface area contributed by atoms with E-state index in [0.29, 0.717) is 24.2 Å². The van der Waals surface area contributed by atoms with E-state index in [4.69, 9.17) is 18.5 Å². The maximum atomic E-state index is 12.0. The normalized spacial score (nSPS) is 14.7. The van der Waals surface area contributed by atoms with Crippen molar-refractivity contribution in [3.05, 3.63) is 0 Å². The number of unbranched alkanes of at least 4 members (excludes halogenated alkanes) is 16. The first-order valence-corrected chi connectivity index (χ1v) is 16.2. The van der Waals surface area contributed by atoms with Gasteiger partial charge in [0.05, 0.1) is 34.4 Å². The number of rotatable bonds is 28. The van der Waals surface area contributed by atoms with Gasteiger partial charge < -0.3 is 18.9 Å². The molecule has 0 aliphatic rings. The molecule has 0 fully saturated rings. The van der Waals surface area contributed by atoms with Crippen molar-refractivity contribution in [3.8, 4) is 0 Å². The molecule has 0 aromatic rings. The number of phosphoric ester groups is 1. The Morgan fingerprint density at radius 3 is 1.53 bits per heavy atom. The van der Waals surface area contributed by atoms with Gasteiger partial charge in [0.1, 0.15) is 19.3 Å². The molecule has 1 N–H and O–H groups in total. The summed E-state index contributed by atoms with van der Waals surface area (Å²) in [5.41, 5.74) is 0. The zero-order valence-electron chi connectivity index (χ0n) is 24.5. The van der Waals surface area contributed by atoms with Crippen LogP contribution in [-0.4, -0.2) is 76.7 Å². The third kappa shape index (κ3) is 27.0.